The van der Waals surface area contributed by atoms with Crippen LogP contribution >= 0.6 is 0 Å². The van der Waals surface area contributed by atoms with Crippen molar-refractivity contribution in [1.82, 2.24) is 19.4 Å². The number of piperazine rings is 1. The molecule has 186 valence electrons. The number of nitrogens with one attached hydrogen (secondary N) is 1. The molecule has 0 saturated carbocycles. The van der Waals surface area contributed by atoms with E-state index in [-0.39, 0.29) is 17.6 Å². The fraction of sp³-hybridized carbons (Fsp3) is 0.207. The number of fused-ring (bicyclic) bond motifs is 2. The average molecular weight is 494 g/mol. The second kappa shape index (κ2) is 9.22. The van der Waals surface area contributed by atoms with Gasteiger partial charge < -0.3 is 24.4 Å². The third-order valence-electron chi connectivity index (χ3n) is 6.97. The molecule has 2 aromatic carbocycles. The first kappa shape index (κ1) is 23.0. The number of amides is 2. The topological polar surface area (TPSA) is 79.7 Å². The molecule has 0 aliphatic carbocycles. The van der Waals surface area contributed by atoms with E-state index in [0.29, 0.717) is 30.1 Å². The molecule has 37 heavy (non-hydrogen) atoms. The minimum Gasteiger partial charge on any atom is -0.452 e. The zero-order chi connectivity index (χ0) is 25.5. The SMILES string of the molecule is CN1CCN(C(=O)Nc2ccc3c(c2)C(=O)/C(=C/c2cn(C)c4nccc(-c5ccccc5)c24)O3)CC1. The molecule has 4 aromatic rings. The van der Waals surface area contributed by atoms with Gasteiger partial charge in [-0.1, -0.05) is 30.3 Å². The maximum Gasteiger partial charge on any atom is 0.321 e. The Kier molecular flexibility index (Phi) is 5.73. The summed E-state index contributed by atoms with van der Waals surface area (Å²) in [7, 11) is 3.98. The molecular weight excluding hydrogens is 466 g/mol. The first-order valence-electron chi connectivity index (χ1n) is 12.3. The molecule has 0 spiro atoms. The Morgan fingerprint density at radius 2 is 1.78 bits per heavy atom. The van der Waals surface area contributed by atoms with Crippen LogP contribution in [0.25, 0.3) is 28.2 Å². The van der Waals surface area contributed by atoms with Crippen molar-refractivity contribution in [2.45, 2.75) is 0 Å². The first-order valence-corrected chi connectivity index (χ1v) is 12.3. The minimum absolute atomic E-state index is 0.160. The summed E-state index contributed by atoms with van der Waals surface area (Å²) in [4.78, 5) is 34.6. The van der Waals surface area contributed by atoms with Crippen molar-refractivity contribution < 1.29 is 14.3 Å². The van der Waals surface area contributed by atoms with E-state index in [1.54, 1.807) is 35.4 Å². The van der Waals surface area contributed by atoms with E-state index in [2.05, 4.69) is 27.3 Å². The largest absolute Gasteiger partial charge is 0.452 e. The number of aryl methyl sites for hydroxylation is 1. The summed E-state index contributed by atoms with van der Waals surface area (Å²) in [6, 6.07) is 17.1. The Morgan fingerprint density at radius 1 is 1.00 bits per heavy atom. The van der Waals surface area contributed by atoms with Crippen LogP contribution in [0.1, 0.15) is 15.9 Å². The number of anilines is 1. The molecule has 2 amide bonds. The van der Waals surface area contributed by atoms with Crippen molar-refractivity contribution in [3.05, 3.63) is 83.9 Å². The molecule has 0 bridgehead atoms. The van der Waals surface area contributed by atoms with Gasteiger partial charge >= 0.3 is 6.03 Å². The molecule has 0 unspecified atom stereocenters. The van der Waals surface area contributed by atoms with Gasteiger partial charge in [0.25, 0.3) is 0 Å². The highest BCUT2D eigenvalue weighted by atomic mass is 16.5. The van der Waals surface area contributed by atoms with Crippen LogP contribution in [0.15, 0.2) is 72.8 Å². The highest BCUT2D eigenvalue weighted by molar-refractivity contribution is 6.16. The number of carbonyl (C=O) groups excluding carboxylic acids is 2. The van der Waals surface area contributed by atoms with Crippen molar-refractivity contribution in [2.24, 2.45) is 7.05 Å². The van der Waals surface area contributed by atoms with Gasteiger partial charge in [0.2, 0.25) is 5.78 Å². The second-order valence-corrected chi connectivity index (χ2v) is 9.49. The first-order chi connectivity index (χ1) is 18.0. The Hall–Kier alpha value is -4.43. The van der Waals surface area contributed by atoms with Gasteiger partial charge in [-0.3, -0.25) is 4.79 Å². The van der Waals surface area contributed by atoms with Crippen molar-refractivity contribution in [3.63, 3.8) is 0 Å². The van der Waals surface area contributed by atoms with Crippen LogP contribution in [-0.2, 0) is 7.05 Å². The van der Waals surface area contributed by atoms with Gasteiger partial charge in [0.05, 0.1) is 5.56 Å². The summed E-state index contributed by atoms with van der Waals surface area (Å²) >= 11 is 0. The maximum atomic E-state index is 13.3. The van der Waals surface area contributed by atoms with E-state index in [1.165, 1.54) is 0 Å². The van der Waals surface area contributed by atoms with Crippen LogP contribution in [0.5, 0.6) is 5.75 Å². The molecule has 0 radical (unpaired) electrons. The number of benzene rings is 2. The summed E-state index contributed by atoms with van der Waals surface area (Å²) < 4.78 is 7.92. The number of ketones is 1. The molecule has 0 atom stereocenters. The lowest BCUT2D eigenvalue weighted by molar-refractivity contribution is 0.101. The van der Waals surface area contributed by atoms with Gasteiger partial charge in [0.15, 0.2) is 5.76 Å². The molecule has 2 aliphatic rings. The van der Waals surface area contributed by atoms with Gasteiger partial charge in [0, 0.05) is 62.3 Å². The highest BCUT2D eigenvalue weighted by Gasteiger charge is 2.29. The van der Waals surface area contributed by atoms with E-state index in [4.69, 9.17) is 4.74 Å². The highest BCUT2D eigenvalue weighted by Crippen LogP contribution is 2.36. The van der Waals surface area contributed by atoms with E-state index in [1.807, 2.05) is 49.1 Å². The third kappa shape index (κ3) is 4.25. The average Bonchev–Trinajstić information content (AvgIpc) is 3.40. The van der Waals surface area contributed by atoms with Gasteiger partial charge in [0.1, 0.15) is 11.4 Å². The predicted octanol–water partition coefficient (Wildman–Crippen LogP) is 4.64. The number of urea groups is 1. The van der Waals surface area contributed by atoms with Crippen molar-refractivity contribution in [1.29, 1.82) is 0 Å². The fourth-order valence-corrected chi connectivity index (χ4v) is 4.92. The number of pyridine rings is 1. The van der Waals surface area contributed by atoms with Gasteiger partial charge in [-0.05, 0) is 48.5 Å². The molecule has 1 saturated heterocycles. The summed E-state index contributed by atoms with van der Waals surface area (Å²) in [5.74, 6) is 0.510. The van der Waals surface area contributed by atoms with Crippen LogP contribution in [-0.4, -0.2) is 64.4 Å². The number of ether oxygens (including phenoxy) is 1. The number of hydrogen-bond acceptors (Lipinski definition) is 5. The van der Waals surface area contributed by atoms with Gasteiger partial charge in [-0.25, -0.2) is 9.78 Å². The van der Waals surface area contributed by atoms with Crippen LogP contribution in [0.3, 0.4) is 0 Å². The second-order valence-electron chi connectivity index (χ2n) is 9.49. The molecule has 6 rings (SSSR count). The van der Waals surface area contributed by atoms with Gasteiger partial charge in [-0.2, -0.15) is 0 Å². The number of aromatic nitrogens is 2. The van der Waals surface area contributed by atoms with Crippen LogP contribution in [0.2, 0.25) is 0 Å². The number of hydrogen-bond donors (Lipinski definition) is 1. The lowest BCUT2D eigenvalue weighted by Gasteiger charge is -2.32. The number of Topliss-reactive ketones (excluding diaryl/α,β-unsaturated/α-hetero) is 1. The van der Waals surface area contributed by atoms with E-state index >= 15 is 0 Å². The normalized spacial score (nSPS) is 16.8. The lowest BCUT2D eigenvalue weighted by Crippen LogP contribution is -2.48. The van der Waals surface area contributed by atoms with Crippen molar-refractivity contribution >= 4 is 34.6 Å². The molecule has 1 fully saturated rings. The molecule has 2 aromatic heterocycles. The van der Waals surface area contributed by atoms with Crippen LogP contribution in [0, 0.1) is 0 Å². The monoisotopic (exact) mass is 493 g/mol. The predicted molar refractivity (Wildman–Crippen MR) is 144 cm³/mol. The van der Waals surface area contributed by atoms with Crippen LogP contribution in [0.4, 0.5) is 10.5 Å². The van der Waals surface area contributed by atoms with E-state index < -0.39 is 0 Å². The minimum atomic E-state index is -0.215. The third-order valence-corrected chi connectivity index (χ3v) is 6.97. The molecule has 1 N–H and O–H groups in total. The number of rotatable bonds is 3. The quantitative estimate of drug-likeness (QED) is 0.421. The summed E-state index contributed by atoms with van der Waals surface area (Å²) in [5.41, 5.74) is 4.79. The van der Waals surface area contributed by atoms with E-state index in [9.17, 15) is 9.59 Å². The summed E-state index contributed by atoms with van der Waals surface area (Å²) in [6.07, 6.45) is 5.53. The summed E-state index contributed by atoms with van der Waals surface area (Å²) in [6.45, 7) is 3.03. The molecule has 2 aliphatic heterocycles. The number of likely N-dealkylation sites (N-methyl/N-ethyl adjacent to an activating group) is 1. The Morgan fingerprint density at radius 3 is 2.57 bits per heavy atom. The fourth-order valence-electron chi connectivity index (χ4n) is 4.92. The molecule has 8 heteroatoms. The summed E-state index contributed by atoms with van der Waals surface area (Å²) in [5, 5.41) is 3.88. The number of carbonyl (C=O) groups is 2. The number of nitrogens with zero attached hydrogens (tertiary/aromatic N) is 4. The standard InChI is InChI=1S/C29H27N5O3/c1-32-12-14-34(15-13-32)29(36)31-21-8-9-24-23(17-21)27(35)25(37-24)16-20-18-33(2)28-26(20)22(10-11-30-28)19-6-4-3-5-7-19/h3-11,16-18H,12-15H2,1-2H3,(H,31,36)/b25-16-. The Balaban J connectivity index is 1.29. The molecular formula is C29H27N5O3. The molecule has 4 heterocycles. The van der Waals surface area contributed by atoms with Crippen molar-refractivity contribution in [3.8, 4) is 16.9 Å². The lowest BCUT2D eigenvalue weighted by atomic mass is 10.0. The maximum absolute atomic E-state index is 13.3. The molecule has 8 nitrogen and oxygen atoms in total. The zero-order valence-corrected chi connectivity index (χ0v) is 20.8. The zero-order valence-electron chi connectivity index (χ0n) is 20.8. The Bertz CT molecular complexity index is 1550. The Labute approximate surface area is 214 Å². The van der Waals surface area contributed by atoms with Crippen LogP contribution < -0.4 is 10.1 Å². The smallest absolute Gasteiger partial charge is 0.321 e. The van der Waals surface area contributed by atoms with E-state index in [0.717, 1.165) is 40.8 Å². The van der Waals surface area contributed by atoms with Gasteiger partial charge in [-0.15, -0.1) is 0 Å². The van der Waals surface area contributed by atoms with Crippen molar-refractivity contribution in [2.75, 3.05) is 38.5 Å². The number of allylic oxidation sites excluding steroid dienone is 1.